The Bertz CT molecular complexity index is 754. The van der Waals surface area contributed by atoms with Crippen molar-refractivity contribution in [2.75, 3.05) is 20.3 Å². The van der Waals surface area contributed by atoms with Gasteiger partial charge in [0.25, 0.3) is 5.91 Å². The first-order chi connectivity index (χ1) is 12.2. The third-order valence-electron chi connectivity index (χ3n) is 3.31. The number of carbonyl (C=O) groups is 3. The van der Waals surface area contributed by atoms with E-state index in [0.717, 1.165) is 4.90 Å². The quantitative estimate of drug-likeness (QED) is 0.710. The zero-order valence-corrected chi connectivity index (χ0v) is 13.8. The molecule has 0 aliphatic carbocycles. The second-order valence-corrected chi connectivity index (χ2v) is 4.99. The minimum Gasteiger partial charge on any atom is -0.465 e. The van der Waals surface area contributed by atoms with Crippen LogP contribution in [-0.2, 0) is 23.8 Å². The zero-order chi connectivity index (χ0) is 19.5. The van der Waals surface area contributed by atoms with Crippen LogP contribution in [0.15, 0.2) is 30.0 Å². The number of ether oxygens (including phenoxy) is 3. The van der Waals surface area contributed by atoms with Gasteiger partial charge in [0.15, 0.2) is 0 Å². The Hall–Kier alpha value is -3.04. The van der Waals surface area contributed by atoms with Crippen LogP contribution in [0.1, 0.15) is 22.8 Å². The van der Waals surface area contributed by atoms with Crippen LogP contribution >= 0.6 is 0 Å². The van der Waals surface area contributed by atoms with E-state index < -0.39 is 36.5 Å². The minimum absolute atomic E-state index is 0.0552. The lowest BCUT2D eigenvalue weighted by molar-refractivity contribution is -0.306. The molecule has 0 unspecified atom stereocenters. The molecule has 1 aromatic carbocycles. The predicted molar refractivity (Wildman–Crippen MR) is 80.2 cm³/mol. The van der Waals surface area contributed by atoms with E-state index >= 15 is 0 Å². The van der Waals surface area contributed by atoms with Crippen molar-refractivity contribution in [1.29, 1.82) is 0 Å². The van der Waals surface area contributed by atoms with E-state index in [9.17, 15) is 27.6 Å². The average Bonchev–Trinajstić information content (AvgIpc) is 2.59. The highest BCUT2D eigenvalue weighted by Crippen LogP contribution is 2.38. The highest BCUT2D eigenvalue weighted by atomic mass is 19.4. The number of methoxy groups -OCH3 is 1. The molecule has 10 heteroatoms. The fraction of sp³-hybridized carbons (Fsp3) is 0.312. The summed E-state index contributed by atoms with van der Waals surface area (Å²) >= 11 is 0. The van der Waals surface area contributed by atoms with E-state index in [2.05, 4.69) is 9.47 Å². The number of carbonyl (C=O) groups excluding carboxylic acids is 3. The lowest BCUT2D eigenvalue weighted by Crippen LogP contribution is -2.46. The van der Waals surface area contributed by atoms with E-state index in [0.29, 0.717) is 0 Å². The highest BCUT2D eigenvalue weighted by molar-refractivity contribution is 6.13. The molecule has 0 saturated heterocycles. The molecule has 1 aliphatic rings. The highest BCUT2D eigenvalue weighted by Gasteiger charge is 2.46. The van der Waals surface area contributed by atoms with Crippen molar-refractivity contribution in [1.82, 2.24) is 4.90 Å². The standard InChI is InChI=1S/C16H14F3NO6/c1-3-25-11(21)8-20-12(13(14(20)22)26-16(17,18)19)9-4-6-10(7-5-9)15(23)24-2/h4-7H,3,8H2,1-2H3. The van der Waals surface area contributed by atoms with Gasteiger partial charge in [-0.2, -0.15) is 0 Å². The van der Waals surface area contributed by atoms with Gasteiger partial charge in [0, 0.05) is 5.56 Å². The summed E-state index contributed by atoms with van der Waals surface area (Å²) in [5, 5.41) is 0. The van der Waals surface area contributed by atoms with Gasteiger partial charge < -0.3 is 14.2 Å². The van der Waals surface area contributed by atoms with E-state index in [1.165, 1.54) is 31.4 Å². The van der Waals surface area contributed by atoms with Gasteiger partial charge in [-0.15, -0.1) is 13.2 Å². The number of benzene rings is 1. The number of nitrogens with zero attached hydrogens (tertiary/aromatic N) is 1. The Morgan fingerprint density at radius 1 is 1.15 bits per heavy atom. The molecule has 0 fully saturated rings. The van der Waals surface area contributed by atoms with E-state index in [1.807, 2.05) is 0 Å². The third kappa shape index (κ3) is 4.13. The predicted octanol–water partition coefficient (Wildman–Crippen LogP) is 2.08. The van der Waals surface area contributed by atoms with Crippen LogP contribution in [0.3, 0.4) is 0 Å². The molecular formula is C16H14F3NO6. The largest absolute Gasteiger partial charge is 0.573 e. The molecule has 1 aromatic rings. The van der Waals surface area contributed by atoms with Crippen molar-refractivity contribution >= 4 is 23.5 Å². The van der Waals surface area contributed by atoms with Crippen LogP contribution in [0.4, 0.5) is 13.2 Å². The molecule has 0 N–H and O–H groups in total. The van der Waals surface area contributed by atoms with E-state index in [1.54, 1.807) is 6.92 Å². The van der Waals surface area contributed by atoms with Crippen molar-refractivity contribution in [2.24, 2.45) is 0 Å². The fourth-order valence-corrected chi connectivity index (χ4v) is 2.26. The number of amides is 1. The maximum Gasteiger partial charge on any atom is 0.573 e. The summed E-state index contributed by atoms with van der Waals surface area (Å²) in [5.74, 6) is -3.45. The van der Waals surface area contributed by atoms with Crippen LogP contribution in [0.25, 0.3) is 5.70 Å². The van der Waals surface area contributed by atoms with Crippen molar-refractivity contribution in [2.45, 2.75) is 13.3 Å². The smallest absolute Gasteiger partial charge is 0.465 e. The van der Waals surface area contributed by atoms with Gasteiger partial charge in [0.05, 0.1) is 19.3 Å². The first-order valence-electron chi connectivity index (χ1n) is 7.34. The summed E-state index contributed by atoms with van der Waals surface area (Å²) in [6.45, 7) is 1.04. The Labute approximate surface area is 145 Å². The van der Waals surface area contributed by atoms with Crippen molar-refractivity contribution in [3.63, 3.8) is 0 Å². The van der Waals surface area contributed by atoms with Gasteiger partial charge in [-0.1, -0.05) is 12.1 Å². The molecule has 7 nitrogen and oxygen atoms in total. The summed E-state index contributed by atoms with van der Waals surface area (Å²) in [6, 6.07) is 5.24. The molecule has 1 heterocycles. The summed E-state index contributed by atoms with van der Waals surface area (Å²) in [6.07, 6.45) is -5.07. The normalized spacial score (nSPS) is 14.0. The number of halogens is 3. The number of hydrogen-bond donors (Lipinski definition) is 0. The summed E-state index contributed by atoms with van der Waals surface area (Å²) < 4.78 is 50.6. The molecular weight excluding hydrogens is 359 g/mol. The van der Waals surface area contributed by atoms with Gasteiger partial charge in [-0.3, -0.25) is 14.5 Å². The molecule has 0 spiro atoms. The molecule has 0 saturated carbocycles. The number of hydrogen-bond acceptors (Lipinski definition) is 6. The summed E-state index contributed by atoms with van der Waals surface area (Å²) in [4.78, 5) is 35.8. The lowest BCUT2D eigenvalue weighted by atomic mass is 10.0. The Morgan fingerprint density at radius 3 is 2.27 bits per heavy atom. The molecule has 140 valence electrons. The molecule has 26 heavy (non-hydrogen) atoms. The van der Waals surface area contributed by atoms with Crippen molar-refractivity contribution in [3.05, 3.63) is 41.2 Å². The minimum atomic E-state index is -5.07. The topological polar surface area (TPSA) is 82.1 Å². The second kappa shape index (κ2) is 7.46. The van der Waals surface area contributed by atoms with Crippen LogP contribution in [0.2, 0.25) is 0 Å². The molecule has 0 bridgehead atoms. The van der Waals surface area contributed by atoms with Crippen molar-refractivity contribution < 1.29 is 41.8 Å². The van der Waals surface area contributed by atoms with Gasteiger partial charge in [0.2, 0.25) is 5.76 Å². The molecule has 1 amide bonds. The Morgan fingerprint density at radius 2 is 1.77 bits per heavy atom. The molecule has 0 aromatic heterocycles. The zero-order valence-electron chi connectivity index (χ0n) is 13.8. The Balaban J connectivity index is 2.37. The number of alkyl halides is 3. The van der Waals surface area contributed by atoms with E-state index in [4.69, 9.17) is 4.74 Å². The third-order valence-corrected chi connectivity index (χ3v) is 3.31. The molecule has 2 rings (SSSR count). The summed E-state index contributed by atoms with van der Waals surface area (Å²) in [5.41, 5.74) is 0.0929. The second-order valence-electron chi connectivity index (χ2n) is 4.99. The first-order valence-corrected chi connectivity index (χ1v) is 7.34. The van der Waals surface area contributed by atoms with Gasteiger partial charge in [-0.25, -0.2) is 4.79 Å². The van der Waals surface area contributed by atoms with Gasteiger partial charge in [0.1, 0.15) is 12.2 Å². The van der Waals surface area contributed by atoms with Gasteiger partial charge >= 0.3 is 18.3 Å². The summed E-state index contributed by atoms with van der Waals surface area (Å²) in [7, 11) is 1.18. The van der Waals surface area contributed by atoms with E-state index in [-0.39, 0.29) is 23.4 Å². The number of esters is 2. The molecule has 0 atom stereocenters. The number of rotatable bonds is 6. The molecule has 1 aliphatic heterocycles. The Kier molecular flexibility index (Phi) is 5.53. The first kappa shape index (κ1) is 19.3. The van der Waals surface area contributed by atoms with Gasteiger partial charge in [-0.05, 0) is 19.1 Å². The average molecular weight is 373 g/mol. The van der Waals surface area contributed by atoms with Crippen LogP contribution in [-0.4, -0.2) is 49.4 Å². The SMILES string of the molecule is CCOC(=O)CN1C(=O)C(OC(F)(F)F)=C1c1ccc(C(=O)OC)cc1. The maximum absolute atomic E-state index is 12.5. The maximum atomic E-state index is 12.5. The lowest BCUT2D eigenvalue weighted by Gasteiger charge is -2.35. The monoisotopic (exact) mass is 373 g/mol. The van der Waals surface area contributed by atoms with Crippen LogP contribution in [0.5, 0.6) is 0 Å². The van der Waals surface area contributed by atoms with Crippen LogP contribution < -0.4 is 0 Å². The van der Waals surface area contributed by atoms with Crippen molar-refractivity contribution in [3.8, 4) is 0 Å². The molecule has 0 radical (unpaired) electrons. The fourth-order valence-electron chi connectivity index (χ4n) is 2.26. The van der Waals surface area contributed by atoms with Crippen LogP contribution in [0, 0.1) is 0 Å².